The number of aromatic nitrogens is 1. The maximum atomic E-state index is 11.0. The highest BCUT2D eigenvalue weighted by Crippen LogP contribution is 2.21. The van der Waals surface area contributed by atoms with E-state index in [0.29, 0.717) is 13.0 Å². The summed E-state index contributed by atoms with van der Waals surface area (Å²) < 4.78 is 2.25. The Morgan fingerprint density at radius 1 is 1.26 bits per heavy atom. The topological polar surface area (TPSA) is 48.0 Å². The van der Waals surface area contributed by atoms with Crippen molar-refractivity contribution in [1.29, 1.82) is 0 Å². The van der Waals surface area contributed by atoms with Gasteiger partial charge >= 0.3 is 0 Å². The highest BCUT2D eigenvalue weighted by atomic mass is 16.1. The van der Waals surface area contributed by atoms with E-state index in [2.05, 4.69) is 35.8 Å². The quantitative estimate of drug-likeness (QED) is 0.761. The molecule has 3 heteroatoms. The second-order valence-corrected chi connectivity index (χ2v) is 5.02. The first kappa shape index (κ1) is 13.7. The number of hydrogen-bond donors (Lipinski definition) is 1. The van der Waals surface area contributed by atoms with Gasteiger partial charge in [-0.05, 0) is 30.4 Å². The Balaban J connectivity index is 2.26. The van der Waals surface area contributed by atoms with Crippen molar-refractivity contribution in [3.05, 3.63) is 36.0 Å². The summed E-state index contributed by atoms with van der Waals surface area (Å²) in [5, 5.41) is 1.25. The average Bonchev–Trinajstić information content (AvgIpc) is 2.74. The molecule has 0 spiro atoms. The van der Waals surface area contributed by atoms with E-state index in [9.17, 15) is 4.79 Å². The Morgan fingerprint density at radius 3 is 2.79 bits per heavy atom. The molecule has 1 aromatic heterocycles. The van der Waals surface area contributed by atoms with E-state index in [4.69, 9.17) is 5.73 Å². The molecule has 1 amide bonds. The van der Waals surface area contributed by atoms with Gasteiger partial charge in [0.2, 0.25) is 5.91 Å². The molecule has 2 N–H and O–H groups in total. The van der Waals surface area contributed by atoms with Crippen LogP contribution in [0, 0.1) is 0 Å². The minimum atomic E-state index is -0.239. The lowest BCUT2D eigenvalue weighted by Gasteiger charge is -2.09. The van der Waals surface area contributed by atoms with E-state index in [0.717, 1.165) is 6.42 Å². The number of primary amides is 1. The number of aryl methyl sites for hydroxylation is 2. The number of hydrogen-bond acceptors (Lipinski definition) is 1. The fraction of sp³-hybridized carbons (Fsp3) is 0.438. The zero-order valence-corrected chi connectivity index (χ0v) is 11.6. The maximum absolute atomic E-state index is 11.0. The van der Waals surface area contributed by atoms with Gasteiger partial charge in [-0.2, -0.15) is 0 Å². The van der Waals surface area contributed by atoms with E-state index >= 15 is 0 Å². The number of nitrogens with two attached hydrogens (primary N) is 1. The highest BCUT2D eigenvalue weighted by molar-refractivity contribution is 5.81. The third-order valence-corrected chi connectivity index (χ3v) is 3.51. The molecule has 0 bridgehead atoms. The van der Waals surface area contributed by atoms with Crippen molar-refractivity contribution in [2.45, 2.75) is 45.6 Å². The van der Waals surface area contributed by atoms with Gasteiger partial charge in [-0.15, -0.1) is 0 Å². The predicted molar refractivity (Wildman–Crippen MR) is 79.0 cm³/mol. The molecule has 19 heavy (non-hydrogen) atoms. The second kappa shape index (κ2) is 6.41. The zero-order valence-electron chi connectivity index (χ0n) is 11.6. The molecule has 2 aromatic rings. The van der Waals surface area contributed by atoms with Gasteiger partial charge in [-0.3, -0.25) is 4.79 Å². The summed E-state index contributed by atoms with van der Waals surface area (Å²) in [6.07, 6.45) is 5.14. The molecule has 0 aliphatic heterocycles. The molecule has 0 unspecified atom stereocenters. The first-order valence-electron chi connectivity index (χ1n) is 7.08. The monoisotopic (exact) mass is 258 g/mol. The van der Waals surface area contributed by atoms with E-state index in [1.54, 1.807) is 0 Å². The Kier molecular flexibility index (Phi) is 4.61. The van der Waals surface area contributed by atoms with Gasteiger partial charge in [0.1, 0.15) is 0 Å². The third-order valence-electron chi connectivity index (χ3n) is 3.51. The summed E-state index contributed by atoms with van der Waals surface area (Å²) in [5.74, 6) is -0.239. The van der Waals surface area contributed by atoms with Gasteiger partial charge in [0, 0.05) is 24.2 Å². The molecule has 102 valence electrons. The number of fused-ring (bicyclic) bond motifs is 1. The second-order valence-electron chi connectivity index (χ2n) is 5.02. The van der Waals surface area contributed by atoms with Gasteiger partial charge in [0.25, 0.3) is 0 Å². The molecule has 0 saturated carbocycles. The predicted octanol–water partition coefficient (Wildman–Crippen LogP) is 3.25. The van der Waals surface area contributed by atoms with Crippen molar-refractivity contribution in [1.82, 2.24) is 4.57 Å². The summed E-state index contributed by atoms with van der Waals surface area (Å²) >= 11 is 0. The van der Waals surface area contributed by atoms with Gasteiger partial charge in [-0.25, -0.2) is 0 Å². The lowest BCUT2D eigenvalue weighted by Crippen LogP contribution is -2.15. The molecule has 1 aromatic carbocycles. The summed E-state index contributed by atoms with van der Waals surface area (Å²) in [5.41, 5.74) is 7.79. The Morgan fingerprint density at radius 2 is 2.05 bits per heavy atom. The highest BCUT2D eigenvalue weighted by Gasteiger charge is 2.08. The molecular formula is C16H22N2O. The van der Waals surface area contributed by atoms with Crippen LogP contribution in [-0.2, 0) is 17.8 Å². The lowest BCUT2D eigenvalue weighted by atomic mass is 10.1. The summed E-state index contributed by atoms with van der Waals surface area (Å²) in [4.78, 5) is 11.0. The van der Waals surface area contributed by atoms with Gasteiger partial charge < -0.3 is 10.3 Å². The smallest absolute Gasteiger partial charge is 0.219 e. The molecule has 3 nitrogen and oxygen atoms in total. The molecule has 0 atom stereocenters. The molecule has 1 heterocycles. The number of nitrogens with zero attached hydrogens (tertiary/aromatic N) is 1. The van der Waals surface area contributed by atoms with Gasteiger partial charge in [0.15, 0.2) is 0 Å². The van der Waals surface area contributed by atoms with Crippen LogP contribution in [0.5, 0.6) is 0 Å². The van der Waals surface area contributed by atoms with Crippen molar-refractivity contribution >= 4 is 16.8 Å². The van der Waals surface area contributed by atoms with E-state index in [1.165, 1.54) is 35.9 Å². The van der Waals surface area contributed by atoms with Crippen LogP contribution in [0.1, 0.15) is 38.3 Å². The maximum Gasteiger partial charge on any atom is 0.219 e. The Labute approximate surface area is 114 Å². The van der Waals surface area contributed by atoms with Gasteiger partial charge in [-0.1, -0.05) is 38.0 Å². The molecule has 0 radical (unpaired) electrons. The van der Waals surface area contributed by atoms with Crippen LogP contribution in [-0.4, -0.2) is 10.5 Å². The van der Waals surface area contributed by atoms with Gasteiger partial charge in [0.05, 0.1) is 0 Å². The molecule has 0 aliphatic carbocycles. The molecule has 0 saturated heterocycles. The van der Waals surface area contributed by atoms with Crippen molar-refractivity contribution in [2.24, 2.45) is 5.73 Å². The normalized spacial score (nSPS) is 11.0. The standard InChI is InChI=1S/C16H22N2O/c1-2-3-4-8-14-12-13-7-5-6-9-15(13)18(14)11-10-16(17)19/h5-7,9,12H,2-4,8,10-11H2,1H3,(H2,17,19). The first-order valence-corrected chi connectivity index (χ1v) is 7.08. The largest absolute Gasteiger partial charge is 0.370 e. The molecule has 0 fully saturated rings. The van der Waals surface area contributed by atoms with Crippen LogP contribution < -0.4 is 5.73 Å². The number of carbonyl (C=O) groups excluding carboxylic acids is 1. The van der Waals surface area contributed by atoms with Crippen molar-refractivity contribution < 1.29 is 4.79 Å². The minimum absolute atomic E-state index is 0.239. The van der Waals surface area contributed by atoms with E-state index in [1.807, 2.05) is 6.07 Å². The number of para-hydroxylation sites is 1. The number of rotatable bonds is 7. The van der Waals surface area contributed by atoms with Crippen LogP contribution in [0.25, 0.3) is 10.9 Å². The SMILES string of the molecule is CCCCCc1cc2ccccc2n1CCC(N)=O. The number of benzene rings is 1. The lowest BCUT2D eigenvalue weighted by molar-refractivity contribution is -0.118. The fourth-order valence-electron chi connectivity index (χ4n) is 2.52. The van der Waals surface area contributed by atoms with Crippen LogP contribution >= 0.6 is 0 Å². The average molecular weight is 258 g/mol. The summed E-state index contributed by atoms with van der Waals surface area (Å²) in [7, 11) is 0. The van der Waals surface area contributed by atoms with Crippen LogP contribution in [0.4, 0.5) is 0 Å². The van der Waals surface area contributed by atoms with Crippen LogP contribution in [0.3, 0.4) is 0 Å². The minimum Gasteiger partial charge on any atom is -0.370 e. The van der Waals surface area contributed by atoms with Crippen LogP contribution in [0.15, 0.2) is 30.3 Å². The van der Waals surface area contributed by atoms with E-state index in [-0.39, 0.29) is 5.91 Å². The van der Waals surface area contributed by atoms with Crippen molar-refractivity contribution in [3.63, 3.8) is 0 Å². The first-order chi connectivity index (χ1) is 9.22. The van der Waals surface area contributed by atoms with Crippen LogP contribution in [0.2, 0.25) is 0 Å². The fourth-order valence-corrected chi connectivity index (χ4v) is 2.52. The van der Waals surface area contributed by atoms with Crippen molar-refractivity contribution in [2.75, 3.05) is 0 Å². The number of amides is 1. The third kappa shape index (κ3) is 3.37. The molecular weight excluding hydrogens is 236 g/mol. The number of unbranched alkanes of at least 4 members (excludes halogenated alkanes) is 2. The Bertz CT molecular complexity index is 557. The molecule has 0 aliphatic rings. The van der Waals surface area contributed by atoms with E-state index < -0.39 is 0 Å². The van der Waals surface area contributed by atoms with Crippen molar-refractivity contribution in [3.8, 4) is 0 Å². The zero-order chi connectivity index (χ0) is 13.7. The summed E-state index contributed by atoms with van der Waals surface area (Å²) in [6.45, 7) is 2.90. The molecule has 2 rings (SSSR count). The summed E-state index contributed by atoms with van der Waals surface area (Å²) in [6, 6.07) is 10.6. The number of carbonyl (C=O) groups is 1. The Hall–Kier alpha value is -1.77.